The van der Waals surface area contributed by atoms with Gasteiger partial charge in [-0.2, -0.15) is 0 Å². The molecule has 2 N–H and O–H groups in total. The molecule has 0 aliphatic rings. The molecular weight excluding hydrogens is 269 g/mol. The summed E-state index contributed by atoms with van der Waals surface area (Å²) in [6.45, 7) is 9.30. The largest absolute Gasteiger partial charge is 0.458 e. The summed E-state index contributed by atoms with van der Waals surface area (Å²) in [6.07, 6.45) is 1.31. The Morgan fingerprint density at radius 2 is 1.58 bits per heavy atom. The highest BCUT2D eigenvalue weighted by molar-refractivity contribution is 7.55. The van der Waals surface area contributed by atoms with Crippen molar-refractivity contribution in [3.8, 4) is 0 Å². The zero-order valence-electron chi connectivity index (χ0n) is 12.5. The first-order valence-electron chi connectivity index (χ1n) is 6.53. The molecule has 1 atom stereocenters. The van der Waals surface area contributed by atoms with Crippen LogP contribution >= 0.6 is 7.60 Å². The SMILES string of the molecule is CCCOP(=O)(OCCC)C(N)C(=O)OC(C)(C)C. The Bertz CT molecular complexity index is 315. The Morgan fingerprint density at radius 1 is 1.16 bits per heavy atom. The van der Waals surface area contributed by atoms with Crippen LogP contribution in [0.4, 0.5) is 0 Å². The van der Waals surface area contributed by atoms with Gasteiger partial charge < -0.3 is 19.5 Å². The summed E-state index contributed by atoms with van der Waals surface area (Å²) in [4.78, 5) is 11.9. The summed E-state index contributed by atoms with van der Waals surface area (Å²) < 4.78 is 28.0. The number of ether oxygens (including phenoxy) is 1. The van der Waals surface area contributed by atoms with Crippen molar-refractivity contribution in [3.63, 3.8) is 0 Å². The Hall–Kier alpha value is -0.420. The van der Waals surface area contributed by atoms with Crippen LogP contribution in [-0.4, -0.2) is 30.6 Å². The van der Waals surface area contributed by atoms with Crippen molar-refractivity contribution >= 4 is 13.6 Å². The molecule has 0 saturated carbocycles. The molecule has 0 radical (unpaired) electrons. The normalized spacial score (nSPS) is 14.2. The summed E-state index contributed by atoms with van der Waals surface area (Å²) in [5, 5.41) is 0. The van der Waals surface area contributed by atoms with Gasteiger partial charge in [0.05, 0.1) is 13.2 Å². The topological polar surface area (TPSA) is 87.9 Å². The third-order valence-corrected chi connectivity index (χ3v) is 3.92. The van der Waals surface area contributed by atoms with Crippen molar-refractivity contribution < 1.29 is 23.1 Å². The zero-order chi connectivity index (χ0) is 15.1. The van der Waals surface area contributed by atoms with Crippen LogP contribution in [-0.2, 0) is 23.1 Å². The van der Waals surface area contributed by atoms with Gasteiger partial charge in [-0.3, -0.25) is 4.57 Å². The van der Waals surface area contributed by atoms with Gasteiger partial charge in [-0.05, 0) is 33.6 Å². The van der Waals surface area contributed by atoms with Crippen LogP contribution in [0.2, 0.25) is 0 Å². The minimum atomic E-state index is -3.68. The lowest BCUT2D eigenvalue weighted by Gasteiger charge is -2.26. The highest BCUT2D eigenvalue weighted by atomic mass is 31.2. The van der Waals surface area contributed by atoms with E-state index in [9.17, 15) is 9.36 Å². The maximum Gasteiger partial charge on any atom is 0.358 e. The standard InChI is InChI=1S/C12H26NO5P/c1-6-8-16-19(15,17-9-7-2)10(13)11(14)18-12(3,4)5/h10H,6-9,13H2,1-5H3. The number of carbonyl (C=O) groups excluding carboxylic acids is 1. The molecule has 0 bridgehead atoms. The average Bonchev–Trinajstić information content (AvgIpc) is 2.30. The van der Waals surface area contributed by atoms with Crippen molar-refractivity contribution in [2.75, 3.05) is 13.2 Å². The molecule has 0 aromatic carbocycles. The predicted molar refractivity (Wildman–Crippen MR) is 73.9 cm³/mol. The molecular formula is C12H26NO5P. The molecule has 0 saturated heterocycles. The fraction of sp³-hybridized carbons (Fsp3) is 0.917. The van der Waals surface area contributed by atoms with E-state index in [1.165, 1.54) is 0 Å². The van der Waals surface area contributed by atoms with Crippen LogP contribution in [0.15, 0.2) is 0 Å². The van der Waals surface area contributed by atoms with E-state index < -0.39 is 24.9 Å². The molecule has 19 heavy (non-hydrogen) atoms. The van der Waals surface area contributed by atoms with E-state index in [0.717, 1.165) is 0 Å². The number of hydrogen-bond donors (Lipinski definition) is 1. The smallest absolute Gasteiger partial charge is 0.358 e. The predicted octanol–water partition coefficient (Wildman–Crippen LogP) is 2.66. The highest BCUT2D eigenvalue weighted by Gasteiger charge is 2.41. The second-order valence-electron chi connectivity index (χ2n) is 5.18. The monoisotopic (exact) mass is 295 g/mol. The van der Waals surface area contributed by atoms with E-state index in [2.05, 4.69) is 0 Å². The van der Waals surface area contributed by atoms with Crippen molar-refractivity contribution in [1.29, 1.82) is 0 Å². The zero-order valence-corrected chi connectivity index (χ0v) is 13.4. The van der Waals surface area contributed by atoms with Gasteiger partial charge in [-0.1, -0.05) is 13.8 Å². The number of carbonyl (C=O) groups is 1. The molecule has 7 heteroatoms. The van der Waals surface area contributed by atoms with Gasteiger partial charge in [0.1, 0.15) is 5.60 Å². The maximum atomic E-state index is 12.5. The molecule has 0 aliphatic carbocycles. The minimum absolute atomic E-state index is 0.220. The lowest BCUT2D eigenvalue weighted by molar-refractivity contribution is -0.154. The van der Waals surface area contributed by atoms with Gasteiger partial charge in [0.2, 0.25) is 5.78 Å². The van der Waals surface area contributed by atoms with Gasteiger partial charge in [0, 0.05) is 0 Å². The Balaban J connectivity index is 4.83. The van der Waals surface area contributed by atoms with E-state index in [1.54, 1.807) is 20.8 Å². The first-order valence-corrected chi connectivity index (χ1v) is 8.14. The molecule has 0 aromatic heterocycles. The van der Waals surface area contributed by atoms with Gasteiger partial charge in [0.15, 0.2) is 0 Å². The van der Waals surface area contributed by atoms with E-state index in [-0.39, 0.29) is 13.2 Å². The van der Waals surface area contributed by atoms with Crippen LogP contribution in [0.1, 0.15) is 47.5 Å². The summed E-state index contributed by atoms with van der Waals surface area (Å²) >= 11 is 0. The summed E-state index contributed by atoms with van der Waals surface area (Å²) in [5.74, 6) is -2.19. The second kappa shape index (κ2) is 8.00. The van der Waals surface area contributed by atoms with Crippen LogP contribution in [0, 0.1) is 0 Å². The fourth-order valence-electron chi connectivity index (χ4n) is 1.13. The number of hydrogen-bond acceptors (Lipinski definition) is 6. The molecule has 114 valence electrons. The third kappa shape index (κ3) is 7.06. The first-order chi connectivity index (χ1) is 8.66. The lowest BCUT2D eigenvalue weighted by Crippen LogP contribution is -2.38. The quantitative estimate of drug-likeness (QED) is 0.547. The van der Waals surface area contributed by atoms with Crippen LogP contribution in [0.3, 0.4) is 0 Å². The van der Waals surface area contributed by atoms with Gasteiger partial charge in [-0.25, -0.2) is 4.79 Å². The van der Waals surface area contributed by atoms with Crippen molar-refractivity contribution in [2.45, 2.75) is 58.8 Å². The van der Waals surface area contributed by atoms with E-state index >= 15 is 0 Å². The summed E-state index contributed by atoms with van der Waals surface area (Å²) in [7, 11) is -3.68. The Morgan fingerprint density at radius 3 is 1.89 bits per heavy atom. The molecule has 0 heterocycles. The molecule has 1 unspecified atom stereocenters. The fourth-order valence-corrected chi connectivity index (χ4v) is 2.71. The number of esters is 1. The van der Waals surface area contributed by atoms with Gasteiger partial charge in [0.25, 0.3) is 0 Å². The first kappa shape index (κ1) is 18.6. The van der Waals surface area contributed by atoms with Gasteiger partial charge >= 0.3 is 13.6 Å². The molecule has 0 fully saturated rings. The minimum Gasteiger partial charge on any atom is -0.458 e. The van der Waals surface area contributed by atoms with Crippen LogP contribution < -0.4 is 5.73 Å². The summed E-state index contributed by atoms with van der Waals surface area (Å²) in [6, 6.07) is 0. The van der Waals surface area contributed by atoms with Crippen molar-refractivity contribution in [1.82, 2.24) is 0 Å². The van der Waals surface area contributed by atoms with Crippen molar-refractivity contribution in [2.24, 2.45) is 5.73 Å². The molecule has 6 nitrogen and oxygen atoms in total. The molecule has 0 rings (SSSR count). The van der Waals surface area contributed by atoms with E-state index in [1.807, 2.05) is 13.8 Å². The number of rotatable bonds is 8. The van der Waals surface area contributed by atoms with Crippen LogP contribution in [0.25, 0.3) is 0 Å². The Labute approximate surface area is 115 Å². The number of nitrogens with two attached hydrogens (primary N) is 1. The van der Waals surface area contributed by atoms with E-state index in [0.29, 0.717) is 12.8 Å². The molecule has 0 spiro atoms. The molecule has 0 aliphatic heterocycles. The maximum absolute atomic E-state index is 12.5. The average molecular weight is 295 g/mol. The van der Waals surface area contributed by atoms with Gasteiger partial charge in [-0.15, -0.1) is 0 Å². The molecule has 0 aromatic rings. The summed E-state index contributed by atoms with van der Waals surface area (Å²) in [5.41, 5.74) is 5.00. The molecule has 0 amide bonds. The van der Waals surface area contributed by atoms with Crippen LogP contribution in [0.5, 0.6) is 0 Å². The lowest BCUT2D eigenvalue weighted by atomic mass is 10.2. The van der Waals surface area contributed by atoms with E-state index in [4.69, 9.17) is 19.5 Å². The van der Waals surface area contributed by atoms with Crippen molar-refractivity contribution in [3.05, 3.63) is 0 Å². The highest BCUT2D eigenvalue weighted by Crippen LogP contribution is 2.51. The Kier molecular flexibility index (Phi) is 7.82. The second-order valence-corrected chi connectivity index (χ2v) is 7.34. The third-order valence-electron chi connectivity index (χ3n) is 1.94.